The van der Waals surface area contributed by atoms with Gasteiger partial charge in [0.25, 0.3) is 0 Å². The second kappa shape index (κ2) is 5.23. The number of hydrogen-bond donors (Lipinski definition) is 1. The molecule has 1 atom stereocenters. The lowest BCUT2D eigenvalue weighted by molar-refractivity contribution is -0.148. The average molecular weight is 145 g/mol. The Morgan fingerprint density at radius 2 is 2.20 bits per heavy atom. The van der Waals surface area contributed by atoms with Gasteiger partial charge in [-0.15, -0.1) is 0 Å². The van der Waals surface area contributed by atoms with E-state index in [-0.39, 0.29) is 12.1 Å². The van der Waals surface area contributed by atoms with E-state index in [0.717, 1.165) is 6.42 Å². The van der Waals surface area contributed by atoms with Gasteiger partial charge in [-0.25, -0.2) is 0 Å². The molecule has 0 aromatic rings. The maximum Gasteiger partial charge on any atom is 0.305 e. The lowest BCUT2D eigenvalue weighted by Gasteiger charge is -2.12. The fourth-order valence-corrected chi connectivity index (χ4v) is 0.567. The molecule has 10 heavy (non-hydrogen) atoms. The van der Waals surface area contributed by atoms with Crippen LogP contribution in [0, 0.1) is 0 Å². The van der Waals surface area contributed by atoms with Crippen LogP contribution in [0.3, 0.4) is 0 Å². The van der Waals surface area contributed by atoms with Crippen LogP contribution >= 0.6 is 0 Å². The molecule has 0 aromatic heterocycles. The summed E-state index contributed by atoms with van der Waals surface area (Å²) in [4.78, 5) is 10.7. The van der Waals surface area contributed by atoms with Gasteiger partial charge in [-0.1, -0.05) is 13.8 Å². The van der Waals surface area contributed by atoms with Crippen LogP contribution in [0.5, 0.6) is 0 Å². The molecular formula is C7H15NO2. The molecule has 0 aliphatic rings. The molecule has 0 saturated heterocycles. The third-order valence-corrected chi connectivity index (χ3v) is 1.31. The Hall–Kier alpha value is -0.570. The summed E-state index contributed by atoms with van der Waals surface area (Å²) in [6.45, 7) is 4.13. The molecule has 60 valence electrons. The zero-order valence-corrected chi connectivity index (χ0v) is 6.59. The Morgan fingerprint density at radius 3 is 2.50 bits per heavy atom. The molecule has 0 rings (SSSR count). The second-order valence-corrected chi connectivity index (χ2v) is 2.11. The van der Waals surface area contributed by atoms with Gasteiger partial charge < -0.3 is 10.5 Å². The quantitative estimate of drug-likeness (QED) is 0.592. The van der Waals surface area contributed by atoms with Crippen molar-refractivity contribution >= 4 is 5.97 Å². The van der Waals surface area contributed by atoms with E-state index in [1.165, 1.54) is 0 Å². The number of esters is 1. The Kier molecular flexibility index (Phi) is 4.94. The third-order valence-electron chi connectivity index (χ3n) is 1.31. The van der Waals surface area contributed by atoms with Gasteiger partial charge >= 0.3 is 5.97 Å². The van der Waals surface area contributed by atoms with Crippen LogP contribution in [0.15, 0.2) is 0 Å². The first-order valence-corrected chi connectivity index (χ1v) is 3.64. The first-order chi connectivity index (χ1) is 4.74. The van der Waals surface area contributed by atoms with Crippen LogP contribution in [0.25, 0.3) is 0 Å². The van der Waals surface area contributed by atoms with Crippen LogP contribution in [-0.2, 0) is 9.53 Å². The molecule has 0 bridgehead atoms. The first-order valence-electron chi connectivity index (χ1n) is 3.64. The molecule has 3 heteroatoms. The fraction of sp³-hybridized carbons (Fsp3) is 0.857. The van der Waals surface area contributed by atoms with Gasteiger partial charge in [-0.05, 0) is 6.42 Å². The van der Waals surface area contributed by atoms with Gasteiger partial charge in [0.2, 0.25) is 0 Å². The highest BCUT2D eigenvalue weighted by atomic mass is 16.5. The topological polar surface area (TPSA) is 52.3 Å². The summed E-state index contributed by atoms with van der Waals surface area (Å²) in [5.74, 6) is -0.169. The number of carbonyl (C=O) groups excluding carboxylic acids is 1. The van der Waals surface area contributed by atoms with E-state index < -0.39 is 0 Å². The van der Waals surface area contributed by atoms with Crippen molar-refractivity contribution < 1.29 is 9.53 Å². The molecule has 0 aromatic carbocycles. The summed E-state index contributed by atoms with van der Waals surface area (Å²) in [5, 5.41) is 0. The van der Waals surface area contributed by atoms with E-state index in [4.69, 9.17) is 10.5 Å². The van der Waals surface area contributed by atoms with Crippen LogP contribution in [-0.4, -0.2) is 18.6 Å². The highest BCUT2D eigenvalue weighted by Crippen LogP contribution is 1.97. The predicted molar refractivity (Wildman–Crippen MR) is 39.5 cm³/mol. The van der Waals surface area contributed by atoms with Crippen LogP contribution in [0.4, 0.5) is 0 Å². The van der Waals surface area contributed by atoms with E-state index >= 15 is 0 Å². The smallest absolute Gasteiger partial charge is 0.305 e. The zero-order chi connectivity index (χ0) is 7.98. The molecule has 2 N–H and O–H groups in total. The van der Waals surface area contributed by atoms with Crippen molar-refractivity contribution in [3.8, 4) is 0 Å². The molecule has 0 radical (unpaired) electrons. The molecule has 0 spiro atoms. The van der Waals surface area contributed by atoms with Crippen molar-refractivity contribution in [2.75, 3.05) is 6.54 Å². The monoisotopic (exact) mass is 145 g/mol. The molecule has 0 fully saturated rings. The van der Waals surface area contributed by atoms with Crippen molar-refractivity contribution in [1.82, 2.24) is 0 Å². The fourth-order valence-electron chi connectivity index (χ4n) is 0.567. The summed E-state index contributed by atoms with van der Waals surface area (Å²) in [5.41, 5.74) is 5.31. The van der Waals surface area contributed by atoms with E-state index in [2.05, 4.69) is 0 Å². The second-order valence-electron chi connectivity index (χ2n) is 2.11. The molecule has 3 nitrogen and oxygen atoms in total. The minimum Gasteiger partial charge on any atom is -0.461 e. The summed E-state index contributed by atoms with van der Waals surface area (Å²) in [6, 6.07) is 0. The third kappa shape index (κ3) is 3.45. The number of ether oxygens (including phenoxy) is 1. The lowest BCUT2D eigenvalue weighted by atomic mass is 10.3. The molecule has 0 heterocycles. The van der Waals surface area contributed by atoms with Crippen LogP contribution < -0.4 is 5.73 Å². The van der Waals surface area contributed by atoms with Crippen molar-refractivity contribution in [1.29, 1.82) is 0 Å². The predicted octanol–water partition coefficient (Wildman–Crippen LogP) is 0.677. The van der Waals surface area contributed by atoms with Gasteiger partial charge in [-0.3, -0.25) is 4.79 Å². The number of nitrogens with two attached hydrogens (primary N) is 1. The molecular weight excluding hydrogens is 130 g/mol. The molecule has 0 saturated carbocycles. The highest BCUT2D eigenvalue weighted by molar-refractivity contribution is 5.69. The zero-order valence-electron chi connectivity index (χ0n) is 6.59. The standard InChI is InChI=1S/C7H15NO2/c1-3-6(5-8)10-7(9)4-2/h6H,3-5,8H2,1-2H3. The Morgan fingerprint density at radius 1 is 1.60 bits per heavy atom. The van der Waals surface area contributed by atoms with Crippen molar-refractivity contribution in [3.05, 3.63) is 0 Å². The van der Waals surface area contributed by atoms with Crippen LogP contribution in [0.2, 0.25) is 0 Å². The number of rotatable bonds is 4. The highest BCUT2D eigenvalue weighted by Gasteiger charge is 2.07. The largest absolute Gasteiger partial charge is 0.461 e. The van der Waals surface area contributed by atoms with E-state index in [0.29, 0.717) is 13.0 Å². The first kappa shape index (κ1) is 9.43. The van der Waals surface area contributed by atoms with Gasteiger partial charge in [0, 0.05) is 13.0 Å². The van der Waals surface area contributed by atoms with Crippen LogP contribution in [0.1, 0.15) is 26.7 Å². The molecule has 0 aliphatic heterocycles. The molecule has 0 aliphatic carbocycles. The molecule has 0 amide bonds. The van der Waals surface area contributed by atoms with Crippen molar-refractivity contribution in [2.45, 2.75) is 32.8 Å². The summed E-state index contributed by atoms with van der Waals surface area (Å²) < 4.78 is 4.93. The van der Waals surface area contributed by atoms with Gasteiger partial charge in [0.1, 0.15) is 6.10 Å². The molecule has 1 unspecified atom stereocenters. The minimum atomic E-state index is -0.169. The summed E-state index contributed by atoms with van der Waals surface area (Å²) >= 11 is 0. The Bertz CT molecular complexity index is 99.8. The van der Waals surface area contributed by atoms with E-state index in [1.807, 2.05) is 6.92 Å². The van der Waals surface area contributed by atoms with Gasteiger partial charge in [-0.2, -0.15) is 0 Å². The van der Waals surface area contributed by atoms with E-state index in [1.54, 1.807) is 6.92 Å². The van der Waals surface area contributed by atoms with Crippen molar-refractivity contribution in [2.24, 2.45) is 5.73 Å². The maximum absolute atomic E-state index is 10.7. The SMILES string of the molecule is CCC(=O)OC(CC)CN. The summed E-state index contributed by atoms with van der Waals surface area (Å²) in [6.07, 6.45) is 1.13. The Labute approximate surface area is 61.5 Å². The average Bonchev–Trinajstić information content (AvgIpc) is 1.99. The lowest BCUT2D eigenvalue weighted by Crippen LogP contribution is -2.25. The van der Waals surface area contributed by atoms with Gasteiger partial charge in [0.15, 0.2) is 0 Å². The number of carbonyl (C=O) groups is 1. The Balaban J connectivity index is 3.52. The summed E-state index contributed by atoms with van der Waals surface area (Å²) in [7, 11) is 0. The maximum atomic E-state index is 10.7. The number of hydrogen-bond acceptors (Lipinski definition) is 3. The van der Waals surface area contributed by atoms with Gasteiger partial charge in [0.05, 0.1) is 0 Å². The normalized spacial score (nSPS) is 12.7. The van der Waals surface area contributed by atoms with Crippen molar-refractivity contribution in [3.63, 3.8) is 0 Å². The van der Waals surface area contributed by atoms with E-state index in [9.17, 15) is 4.79 Å². The minimum absolute atomic E-state index is 0.0903.